The number of nitrogens with one attached hydrogen (secondary N) is 2. The summed E-state index contributed by atoms with van der Waals surface area (Å²) in [6, 6.07) is 14.0. The molecule has 8 heteroatoms. The van der Waals surface area contributed by atoms with Crippen LogP contribution in [0.15, 0.2) is 54.6 Å². The molecule has 0 saturated heterocycles. The summed E-state index contributed by atoms with van der Waals surface area (Å²) in [6.07, 6.45) is 1.83. The lowest BCUT2D eigenvalue weighted by Crippen LogP contribution is -2.45. The van der Waals surface area contributed by atoms with Gasteiger partial charge in [0.15, 0.2) is 0 Å². The Morgan fingerprint density at radius 2 is 1.59 bits per heavy atom. The monoisotopic (exact) mass is 417 g/mol. The number of carbonyl (C=O) groups is 2. The van der Waals surface area contributed by atoms with Gasteiger partial charge in [0.25, 0.3) is 5.91 Å². The van der Waals surface area contributed by atoms with Crippen LogP contribution in [0.1, 0.15) is 37.6 Å². The highest BCUT2D eigenvalue weighted by atomic mass is 32.2. The number of hydrogen-bond acceptors (Lipinski definition) is 4. The number of hydrogen-bond donors (Lipinski definition) is 2. The van der Waals surface area contributed by atoms with E-state index in [2.05, 4.69) is 10.6 Å². The van der Waals surface area contributed by atoms with Crippen molar-refractivity contribution in [2.24, 2.45) is 0 Å². The highest BCUT2D eigenvalue weighted by Gasteiger charge is 2.29. The molecule has 0 fully saturated rings. The third-order valence-corrected chi connectivity index (χ3v) is 5.76. The number of sulfonamides is 1. The van der Waals surface area contributed by atoms with Gasteiger partial charge in [0.2, 0.25) is 15.9 Å². The lowest BCUT2D eigenvalue weighted by Gasteiger charge is -2.28. The molecule has 2 aromatic rings. The molecule has 0 aliphatic rings. The van der Waals surface area contributed by atoms with E-state index in [9.17, 15) is 18.0 Å². The molecule has 2 aromatic carbocycles. The summed E-state index contributed by atoms with van der Waals surface area (Å²) in [5.74, 6) is -0.839. The van der Waals surface area contributed by atoms with Crippen molar-refractivity contribution in [3.05, 3.63) is 60.2 Å². The minimum absolute atomic E-state index is 0.0102. The van der Waals surface area contributed by atoms with Crippen molar-refractivity contribution in [3.63, 3.8) is 0 Å². The van der Waals surface area contributed by atoms with Crippen LogP contribution in [0.4, 0.5) is 11.4 Å². The van der Waals surface area contributed by atoms with Crippen LogP contribution < -0.4 is 14.9 Å². The number of carbonyl (C=O) groups excluding carboxylic acids is 2. The maximum atomic E-state index is 12.9. The minimum atomic E-state index is -3.71. The van der Waals surface area contributed by atoms with Crippen LogP contribution in [-0.4, -0.2) is 38.6 Å². The van der Waals surface area contributed by atoms with Crippen LogP contribution in [-0.2, 0) is 14.8 Å². The average Bonchev–Trinajstić information content (AvgIpc) is 2.68. The standard InChI is InChI=1S/C21H27N3O4S/c1-5-15(2)22-21(26)18-13-9-10-14-19(18)23-20(25)16(3)24(29(4,27)28)17-11-7-6-8-12-17/h6-16H,5H2,1-4H3,(H,22,26)(H,23,25)/t15-,16+/m1/s1. The lowest BCUT2D eigenvalue weighted by atomic mass is 10.1. The van der Waals surface area contributed by atoms with Crippen LogP contribution in [0.2, 0.25) is 0 Å². The molecule has 0 aromatic heterocycles. The lowest BCUT2D eigenvalue weighted by molar-refractivity contribution is -0.116. The molecule has 0 bridgehead atoms. The molecule has 0 aliphatic carbocycles. The SMILES string of the molecule is CC[C@@H](C)NC(=O)c1ccccc1NC(=O)[C@H](C)N(c1ccccc1)S(C)(=O)=O. The molecule has 2 atom stereocenters. The molecule has 0 spiro atoms. The van der Waals surface area contributed by atoms with E-state index in [0.717, 1.165) is 17.0 Å². The van der Waals surface area contributed by atoms with Crippen molar-refractivity contribution in [3.8, 4) is 0 Å². The predicted molar refractivity (Wildman–Crippen MR) is 116 cm³/mol. The number of rotatable bonds is 8. The molecule has 0 unspecified atom stereocenters. The Morgan fingerprint density at radius 1 is 1.00 bits per heavy atom. The first-order valence-corrected chi connectivity index (χ1v) is 11.2. The molecule has 0 saturated carbocycles. The van der Waals surface area contributed by atoms with Crippen molar-refractivity contribution in [1.29, 1.82) is 0 Å². The molecule has 2 amide bonds. The quantitative estimate of drug-likeness (QED) is 0.690. The Labute approximate surface area is 172 Å². The number of nitrogens with zero attached hydrogens (tertiary/aromatic N) is 1. The van der Waals surface area contributed by atoms with Crippen molar-refractivity contribution >= 4 is 33.2 Å². The van der Waals surface area contributed by atoms with Gasteiger partial charge in [-0.2, -0.15) is 0 Å². The zero-order valence-electron chi connectivity index (χ0n) is 17.0. The molecule has 0 radical (unpaired) electrons. The molecule has 156 valence electrons. The Hall–Kier alpha value is -2.87. The van der Waals surface area contributed by atoms with Gasteiger partial charge in [-0.3, -0.25) is 13.9 Å². The third kappa shape index (κ3) is 5.80. The fourth-order valence-corrected chi connectivity index (χ4v) is 3.99. The Morgan fingerprint density at radius 3 is 2.17 bits per heavy atom. The van der Waals surface area contributed by atoms with Crippen molar-refractivity contribution in [1.82, 2.24) is 5.32 Å². The van der Waals surface area contributed by atoms with Crippen molar-refractivity contribution in [2.45, 2.75) is 39.3 Å². The second-order valence-electron chi connectivity index (χ2n) is 6.89. The molecule has 0 aliphatic heterocycles. The van der Waals surface area contributed by atoms with Gasteiger partial charge in [0.1, 0.15) is 6.04 Å². The summed E-state index contributed by atoms with van der Waals surface area (Å²) < 4.78 is 25.7. The average molecular weight is 418 g/mol. The largest absolute Gasteiger partial charge is 0.350 e. The summed E-state index contributed by atoms with van der Waals surface area (Å²) >= 11 is 0. The molecule has 7 nitrogen and oxygen atoms in total. The molecule has 29 heavy (non-hydrogen) atoms. The van der Waals surface area contributed by atoms with Crippen LogP contribution >= 0.6 is 0 Å². The summed E-state index contributed by atoms with van der Waals surface area (Å²) in [5, 5.41) is 5.56. The van der Waals surface area contributed by atoms with Gasteiger partial charge in [-0.25, -0.2) is 8.42 Å². The summed E-state index contributed by atoms with van der Waals surface area (Å²) in [6.45, 7) is 5.36. The molecular weight excluding hydrogens is 390 g/mol. The summed E-state index contributed by atoms with van der Waals surface area (Å²) in [7, 11) is -3.71. The summed E-state index contributed by atoms with van der Waals surface area (Å²) in [5.41, 5.74) is 1.03. The summed E-state index contributed by atoms with van der Waals surface area (Å²) in [4.78, 5) is 25.4. The first kappa shape index (κ1) is 22.4. The van der Waals surface area contributed by atoms with Gasteiger partial charge in [0.05, 0.1) is 23.2 Å². The van der Waals surface area contributed by atoms with Gasteiger partial charge in [-0.1, -0.05) is 37.3 Å². The first-order valence-electron chi connectivity index (χ1n) is 9.40. The van der Waals surface area contributed by atoms with Gasteiger partial charge >= 0.3 is 0 Å². The fourth-order valence-electron chi connectivity index (χ4n) is 2.81. The highest BCUT2D eigenvalue weighted by Crippen LogP contribution is 2.22. The highest BCUT2D eigenvalue weighted by molar-refractivity contribution is 7.92. The van der Waals surface area contributed by atoms with E-state index >= 15 is 0 Å². The zero-order valence-corrected chi connectivity index (χ0v) is 17.9. The van der Waals surface area contributed by atoms with Gasteiger partial charge in [-0.05, 0) is 44.5 Å². The maximum Gasteiger partial charge on any atom is 0.253 e. The van der Waals surface area contributed by atoms with E-state index in [-0.39, 0.29) is 11.9 Å². The number of anilines is 2. The Kier molecular flexibility index (Phi) is 7.39. The number of para-hydroxylation sites is 2. The minimum Gasteiger partial charge on any atom is -0.350 e. The Balaban J connectivity index is 2.28. The van der Waals surface area contributed by atoms with E-state index in [0.29, 0.717) is 16.9 Å². The van der Waals surface area contributed by atoms with E-state index < -0.39 is 22.0 Å². The second kappa shape index (κ2) is 9.56. The topological polar surface area (TPSA) is 95.6 Å². The van der Waals surface area contributed by atoms with Crippen LogP contribution in [0.25, 0.3) is 0 Å². The predicted octanol–water partition coefficient (Wildman–Crippen LogP) is 3.01. The van der Waals surface area contributed by atoms with E-state index in [1.807, 2.05) is 13.8 Å². The fraction of sp³-hybridized carbons (Fsp3) is 0.333. The van der Waals surface area contributed by atoms with Crippen molar-refractivity contribution in [2.75, 3.05) is 15.9 Å². The smallest absolute Gasteiger partial charge is 0.253 e. The second-order valence-corrected chi connectivity index (χ2v) is 8.75. The van der Waals surface area contributed by atoms with Gasteiger partial charge in [-0.15, -0.1) is 0 Å². The van der Waals surface area contributed by atoms with Crippen LogP contribution in [0, 0.1) is 0 Å². The van der Waals surface area contributed by atoms with Crippen LogP contribution in [0.5, 0.6) is 0 Å². The first-order chi connectivity index (χ1) is 13.6. The molecule has 0 heterocycles. The molecule has 2 N–H and O–H groups in total. The van der Waals surface area contributed by atoms with Gasteiger partial charge < -0.3 is 10.6 Å². The van der Waals surface area contributed by atoms with Gasteiger partial charge in [0, 0.05) is 6.04 Å². The van der Waals surface area contributed by atoms with E-state index in [1.54, 1.807) is 54.6 Å². The van der Waals surface area contributed by atoms with E-state index in [4.69, 9.17) is 0 Å². The van der Waals surface area contributed by atoms with Crippen molar-refractivity contribution < 1.29 is 18.0 Å². The molecule has 2 rings (SSSR count). The number of benzene rings is 2. The van der Waals surface area contributed by atoms with Crippen LogP contribution in [0.3, 0.4) is 0 Å². The Bertz CT molecular complexity index is 961. The number of amides is 2. The zero-order chi connectivity index (χ0) is 21.6. The normalized spacial score (nSPS) is 13.2. The maximum absolute atomic E-state index is 12.9. The van der Waals surface area contributed by atoms with E-state index in [1.165, 1.54) is 6.92 Å². The third-order valence-electron chi connectivity index (χ3n) is 4.52. The molecular formula is C21H27N3O4S.